The second-order valence-corrected chi connectivity index (χ2v) is 18.3. The topological polar surface area (TPSA) is 228 Å². The number of amides is 1. The fraction of sp³-hybridized carbons (Fsp3) is 0.863. The van der Waals surface area contributed by atoms with E-state index < -0.39 is 86.8 Å². The summed E-state index contributed by atoms with van der Waals surface area (Å²) in [7, 11) is 0. The molecule has 12 atom stereocenters. The van der Waals surface area contributed by atoms with Gasteiger partial charge in [0.25, 0.3) is 0 Å². The van der Waals surface area contributed by atoms with Gasteiger partial charge in [-0.3, -0.25) is 4.79 Å². The number of aliphatic hydroxyl groups is 8. The number of ether oxygens (including phenoxy) is 4. The Morgan fingerprint density at radius 1 is 0.554 bits per heavy atom. The van der Waals surface area contributed by atoms with E-state index in [-0.39, 0.29) is 18.9 Å². The lowest BCUT2D eigenvalue weighted by Crippen LogP contribution is -2.65. The maximum absolute atomic E-state index is 13.2. The van der Waals surface area contributed by atoms with Gasteiger partial charge in [0.2, 0.25) is 5.91 Å². The van der Waals surface area contributed by atoms with Crippen LogP contribution in [0.2, 0.25) is 0 Å². The van der Waals surface area contributed by atoms with E-state index >= 15 is 0 Å². The molecule has 0 saturated carbocycles. The van der Waals surface area contributed by atoms with Crippen LogP contribution in [0.15, 0.2) is 36.5 Å². The van der Waals surface area contributed by atoms with Gasteiger partial charge < -0.3 is 65.1 Å². The zero-order valence-corrected chi connectivity index (χ0v) is 40.2. The first kappa shape index (κ1) is 59.3. The summed E-state index contributed by atoms with van der Waals surface area (Å²) in [4.78, 5) is 13.2. The standard InChI is InChI=1S/C51H93NO13/c1-3-5-7-9-11-13-15-17-18-19-20-21-22-23-25-27-29-31-33-35-43(56)52-39(40(55)34-32-30-28-26-24-16-14-12-10-8-6-4-2)38-62-50-48(61)46(59)49(42(37-54)64-50)65-51-47(60)45(58)44(57)41(36-53)63-51/h11,13,17-18,20-21,39-42,44-51,53-55,57-61H,3-10,12,14-16,19,22-38H2,1-2H3,(H,52,56)/b13-11-,18-17-,21-20-. The van der Waals surface area contributed by atoms with Gasteiger partial charge >= 0.3 is 0 Å². The molecule has 1 amide bonds. The molecule has 2 saturated heterocycles. The molecule has 0 aromatic rings. The van der Waals surface area contributed by atoms with Crippen molar-refractivity contribution in [1.82, 2.24) is 5.32 Å². The lowest BCUT2D eigenvalue weighted by atomic mass is 9.97. The number of hydrogen-bond donors (Lipinski definition) is 9. The molecule has 0 aromatic carbocycles. The van der Waals surface area contributed by atoms with Gasteiger partial charge in [-0.1, -0.05) is 166 Å². The Kier molecular flexibility index (Phi) is 34.8. The van der Waals surface area contributed by atoms with Gasteiger partial charge in [0.1, 0.15) is 48.8 Å². The fourth-order valence-electron chi connectivity index (χ4n) is 8.36. The normalized spacial score (nSPS) is 27.3. The second-order valence-electron chi connectivity index (χ2n) is 18.3. The van der Waals surface area contributed by atoms with Gasteiger partial charge in [-0.2, -0.15) is 0 Å². The molecule has 9 N–H and O–H groups in total. The third-order valence-corrected chi connectivity index (χ3v) is 12.6. The van der Waals surface area contributed by atoms with Crippen LogP contribution in [0, 0.1) is 0 Å². The summed E-state index contributed by atoms with van der Waals surface area (Å²) in [5.74, 6) is -0.221. The van der Waals surface area contributed by atoms with E-state index in [1.807, 2.05) is 0 Å². The molecule has 14 nitrogen and oxygen atoms in total. The minimum Gasteiger partial charge on any atom is -0.394 e. The van der Waals surface area contributed by atoms with Crippen molar-refractivity contribution in [3.8, 4) is 0 Å². The Balaban J connectivity index is 1.82. The van der Waals surface area contributed by atoms with Crippen LogP contribution in [0.4, 0.5) is 0 Å². The van der Waals surface area contributed by atoms with Crippen molar-refractivity contribution in [2.45, 2.75) is 261 Å². The van der Waals surface area contributed by atoms with E-state index in [0.29, 0.717) is 12.8 Å². The predicted octanol–water partition coefficient (Wildman–Crippen LogP) is 6.71. The third-order valence-electron chi connectivity index (χ3n) is 12.6. The molecule has 2 heterocycles. The Morgan fingerprint density at radius 2 is 1.02 bits per heavy atom. The average molecular weight is 928 g/mol. The fourth-order valence-corrected chi connectivity index (χ4v) is 8.36. The maximum Gasteiger partial charge on any atom is 0.220 e. The summed E-state index contributed by atoms with van der Waals surface area (Å²) in [5, 5.41) is 86.8. The van der Waals surface area contributed by atoms with Crippen molar-refractivity contribution in [3.63, 3.8) is 0 Å². The molecule has 380 valence electrons. The van der Waals surface area contributed by atoms with Crippen LogP contribution in [0.5, 0.6) is 0 Å². The van der Waals surface area contributed by atoms with Crippen LogP contribution >= 0.6 is 0 Å². The summed E-state index contributed by atoms with van der Waals surface area (Å²) in [5.41, 5.74) is 0. The van der Waals surface area contributed by atoms with Crippen LogP contribution in [0.1, 0.15) is 187 Å². The second kappa shape index (κ2) is 38.1. The van der Waals surface area contributed by atoms with Crippen molar-refractivity contribution >= 4 is 5.91 Å². The van der Waals surface area contributed by atoms with E-state index in [9.17, 15) is 45.6 Å². The van der Waals surface area contributed by atoms with Gasteiger partial charge in [-0.15, -0.1) is 0 Å². The van der Waals surface area contributed by atoms with E-state index in [1.165, 1.54) is 77.0 Å². The molecule has 12 unspecified atom stereocenters. The average Bonchev–Trinajstić information content (AvgIpc) is 3.30. The number of carbonyl (C=O) groups is 1. The van der Waals surface area contributed by atoms with Crippen molar-refractivity contribution in [2.75, 3.05) is 19.8 Å². The molecule has 65 heavy (non-hydrogen) atoms. The highest BCUT2D eigenvalue weighted by atomic mass is 16.7. The van der Waals surface area contributed by atoms with E-state index in [0.717, 1.165) is 77.0 Å². The molecular formula is C51H93NO13. The van der Waals surface area contributed by atoms with Crippen molar-refractivity contribution in [3.05, 3.63) is 36.5 Å². The summed E-state index contributed by atoms with van der Waals surface area (Å²) >= 11 is 0. The molecule has 0 aliphatic carbocycles. The Labute approximate surface area is 391 Å². The zero-order chi connectivity index (χ0) is 47.5. The number of carbonyl (C=O) groups excluding carboxylic acids is 1. The number of hydrogen-bond acceptors (Lipinski definition) is 13. The zero-order valence-electron chi connectivity index (χ0n) is 40.2. The van der Waals surface area contributed by atoms with Gasteiger partial charge in [-0.05, 0) is 51.4 Å². The summed E-state index contributed by atoms with van der Waals surface area (Å²) in [6.45, 7) is 2.80. The Hall–Kier alpha value is -1.79. The van der Waals surface area contributed by atoms with E-state index in [4.69, 9.17) is 18.9 Å². The SMILES string of the molecule is CCCCC/C=C\C/C=C\C/C=C\CCCCCCCCC(=O)NC(COC1OC(CO)C(OC2OC(CO)C(O)C(O)C2O)C(O)C1O)C(O)CCCCCCCCCCCCCC. The molecule has 2 rings (SSSR count). The minimum absolute atomic E-state index is 0.221. The first-order valence-electron chi connectivity index (χ1n) is 25.7. The number of aliphatic hydroxyl groups excluding tert-OH is 8. The van der Waals surface area contributed by atoms with Crippen molar-refractivity contribution in [2.24, 2.45) is 0 Å². The monoisotopic (exact) mass is 928 g/mol. The van der Waals surface area contributed by atoms with Crippen LogP contribution in [0.25, 0.3) is 0 Å². The first-order chi connectivity index (χ1) is 31.6. The smallest absolute Gasteiger partial charge is 0.220 e. The van der Waals surface area contributed by atoms with Gasteiger partial charge in [0.05, 0.1) is 32.0 Å². The van der Waals surface area contributed by atoms with E-state index in [2.05, 4.69) is 55.6 Å². The van der Waals surface area contributed by atoms with Crippen LogP contribution < -0.4 is 5.32 Å². The summed E-state index contributed by atoms with van der Waals surface area (Å²) in [6.07, 6.45) is 25.7. The molecule has 0 aromatic heterocycles. The molecule has 0 radical (unpaired) electrons. The molecule has 2 aliphatic rings. The van der Waals surface area contributed by atoms with Crippen LogP contribution in [0.3, 0.4) is 0 Å². The highest BCUT2D eigenvalue weighted by Gasteiger charge is 2.51. The van der Waals surface area contributed by atoms with Gasteiger partial charge in [-0.25, -0.2) is 0 Å². The lowest BCUT2D eigenvalue weighted by molar-refractivity contribution is -0.359. The number of allylic oxidation sites excluding steroid dienone is 6. The molecule has 2 aliphatic heterocycles. The molecule has 0 bridgehead atoms. The Morgan fingerprint density at radius 3 is 1.58 bits per heavy atom. The van der Waals surface area contributed by atoms with Gasteiger partial charge in [0, 0.05) is 6.42 Å². The summed E-state index contributed by atoms with van der Waals surface area (Å²) in [6, 6.07) is -0.834. The Bertz CT molecular complexity index is 1230. The van der Waals surface area contributed by atoms with Crippen LogP contribution in [-0.2, 0) is 23.7 Å². The highest BCUT2D eigenvalue weighted by molar-refractivity contribution is 5.76. The molecule has 14 heteroatoms. The maximum atomic E-state index is 13.2. The third kappa shape index (κ3) is 25.4. The number of rotatable bonds is 39. The van der Waals surface area contributed by atoms with Crippen LogP contribution in [-0.4, -0.2) is 140 Å². The predicted molar refractivity (Wildman–Crippen MR) is 254 cm³/mol. The van der Waals surface area contributed by atoms with Gasteiger partial charge in [0.15, 0.2) is 12.6 Å². The summed E-state index contributed by atoms with van der Waals surface area (Å²) < 4.78 is 22.7. The molecular weight excluding hydrogens is 835 g/mol. The quantitative estimate of drug-likeness (QED) is 0.0231. The van der Waals surface area contributed by atoms with Crippen molar-refractivity contribution in [1.29, 1.82) is 0 Å². The lowest BCUT2D eigenvalue weighted by Gasteiger charge is -2.46. The minimum atomic E-state index is -1.78. The van der Waals surface area contributed by atoms with Crippen molar-refractivity contribution < 1.29 is 64.6 Å². The molecule has 2 fully saturated rings. The highest BCUT2D eigenvalue weighted by Crippen LogP contribution is 2.30. The molecule has 0 spiro atoms. The number of nitrogens with one attached hydrogen (secondary N) is 1. The first-order valence-corrected chi connectivity index (χ1v) is 25.7. The van der Waals surface area contributed by atoms with E-state index in [1.54, 1.807) is 0 Å². The largest absolute Gasteiger partial charge is 0.394 e. The number of unbranched alkanes of at least 4 members (excludes halogenated alkanes) is 20.